The number of likely N-dealkylation sites (tertiary alicyclic amines) is 2. The maximum atomic E-state index is 13.1. The second-order valence-corrected chi connectivity index (χ2v) is 9.84. The third-order valence-corrected chi connectivity index (χ3v) is 7.32. The highest BCUT2D eigenvalue weighted by atomic mass is 32.1. The highest BCUT2D eigenvalue weighted by Gasteiger charge is 2.32. The van der Waals surface area contributed by atoms with E-state index in [9.17, 15) is 9.18 Å². The zero-order chi connectivity index (χ0) is 23.2. The lowest BCUT2D eigenvalue weighted by Gasteiger charge is -2.33. The number of thiophene rings is 1. The first-order valence-electron chi connectivity index (χ1n) is 11.7. The van der Waals surface area contributed by atoms with Gasteiger partial charge in [0.05, 0.1) is 5.69 Å². The monoisotopic (exact) mass is 469 g/mol. The number of nitrogens with zero attached hydrogens (tertiary/aromatic N) is 3. The van der Waals surface area contributed by atoms with Gasteiger partial charge in [0.25, 0.3) is 5.91 Å². The minimum Gasteiger partial charge on any atom is -0.361 e. The van der Waals surface area contributed by atoms with Crippen LogP contribution in [0, 0.1) is 25.6 Å². The topological polar surface area (TPSA) is 49.6 Å². The smallest absolute Gasteiger partial charge is 0.259 e. The Kier molecular flexibility index (Phi) is 7.93. The number of carbonyl (C=O) groups excluding carboxylic acids is 1. The van der Waals surface area contributed by atoms with E-state index in [-0.39, 0.29) is 11.7 Å². The molecular weight excluding hydrogens is 437 g/mol. The number of carbonyl (C=O) groups is 1. The van der Waals surface area contributed by atoms with E-state index >= 15 is 0 Å². The van der Waals surface area contributed by atoms with Gasteiger partial charge >= 0.3 is 0 Å². The minimum atomic E-state index is -0.168. The zero-order valence-corrected chi connectivity index (χ0v) is 20.2. The highest BCUT2D eigenvalue weighted by molar-refractivity contribution is 7.07. The van der Waals surface area contributed by atoms with Crippen LogP contribution in [-0.4, -0.2) is 53.6 Å². The van der Waals surface area contributed by atoms with Crippen LogP contribution in [0.15, 0.2) is 51.7 Å². The van der Waals surface area contributed by atoms with Crippen LogP contribution in [0.25, 0.3) is 0 Å². The van der Waals surface area contributed by atoms with Crippen molar-refractivity contribution in [3.8, 4) is 0 Å². The zero-order valence-electron chi connectivity index (χ0n) is 19.4. The van der Waals surface area contributed by atoms with E-state index in [1.54, 1.807) is 30.4 Å². The molecule has 1 unspecified atom stereocenters. The predicted octanol–water partition coefficient (Wildman–Crippen LogP) is 5.52. The number of hydrogen-bond acceptors (Lipinski definition) is 5. The van der Waals surface area contributed by atoms with Crippen LogP contribution in [0.2, 0.25) is 0 Å². The van der Waals surface area contributed by atoms with Crippen LogP contribution in [0.4, 0.5) is 4.39 Å². The maximum absolute atomic E-state index is 13.1. The van der Waals surface area contributed by atoms with E-state index in [1.165, 1.54) is 5.56 Å². The van der Waals surface area contributed by atoms with Gasteiger partial charge in [-0.1, -0.05) is 29.4 Å². The van der Waals surface area contributed by atoms with E-state index < -0.39 is 0 Å². The third-order valence-electron chi connectivity index (χ3n) is 6.69. The summed E-state index contributed by atoms with van der Waals surface area (Å²) >= 11 is 1.71. The Hall–Kier alpha value is -2.51. The lowest BCUT2D eigenvalue weighted by atomic mass is 9.89. The lowest BCUT2D eigenvalue weighted by molar-refractivity contribution is 0.0779. The van der Waals surface area contributed by atoms with Crippen LogP contribution in [0.1, 0.15) is 52.6 Å². The first-order chi connectivity index (χ1) is 16.0. The predicted molar refractivity (Wildman–Crippen MR) is 129 cm³/mol. The van der Waals surface area contributed by atoms with Crippen LogP contribution < -0.4 is 0 Å². The average Bonchev–Trinajstić information content (AvgIpc) is 3.59. The number of piperidine rings is 1. The average molecular weight is 470 g/mol. The molecule has 0 aliphatic carbocycles. The second-order valence-electron chi connectivity index (χ2n) is 9.02. The van der Waals surface area contributed by atoms with Gasteiger partial charge in [0.2, 0.25) is 0 Å². The molecule has 7 heteroatoms. The summed E-state index contributed by atoms with van der Waals surface area (Å²) in [5, 5.41) is 7.99. The van der Waals surface area contributed by atoms with Crippen molar-refractivity contribution in [3.63, 3.8) is 0 Å². The number of rotatable bonds is 4. The molecular formula is C26H32FN3O2S. The summed E-state index contributed by atoms with van der Waals surface area (Å²) in [5.41, 5.74) is 2.55. The van der Waals surface area contributed by atoms with Crippen molar-refractivity contribution in [2.24, 2.45) is 5.92 Å². The highest BCUT2D eigenvalue weighted by Crippen LogP contribution is 2.30. The van der Waals surface area contributed by atoms with Gasteiger partial charge in [-0.15, -0.1) is 0 Å². The van der Waals surface area contributed by atoms with E-state index in [0.29, 0.717) is 28.9 Å². The van der Waals surface area contributed by atoms with Crippen molar-refractivity contribution in [1.82, 2.24) is 15.0 Å². The SMILES string of the molecule is Cc1noc(C)c1C(=O)N1CCC(CN2CCC(c3ccc(F)cc3)CC2)C1.c1ccsc1. The fourth-order valence-corrected chi connectivity index (χ4v) is 5.34. The summed E-state index contributed by atoms with van der Waals surface area (Å²) in [6.45, 7) is 8.41. The normalized spacial score (nSPS) is 19.4. The van der Waals surface area contributed by atoms with E-state index in [4.69, 9.17) is 4.52 Å². The Morgan fingerprint density at radius 2 is 1.79 bits per heavy atom. The fraction of sp³-hybridized carbons (Fsp3) is 0.462. The fourth-order valence-electron chi connectivity index (χ4n) is 4.89. The van der Waals surface area contributed by atoms with Gasteiger partial charge < -0.3 is 14.3 Å². The van der Waals surface area contributed by atoms with Gasteiger partial charge in [-0.25, -0.2) is 4.39 Å². The Bertz CT molecular complexity index is 974. The largest absolute Gasteiger partial charge is 0.361 e. The molecule has 33 heavy (non-hydrogen) atoms. The summed E-state index contributed by atoms with van der Waals surface area (Å²) in [6, 6.07) is 11.0. The molecule has 0 bridgehead atoms. The van der Waals surface area contributed by atoms with Gasteiger partial charge in [0.1, 0.15) is 17.1 Å². The number of halogens is 1. The Morgan fingerprint density at radius 1 is 1.09 bits per heavy atom. The van der Waals surface area contributed by atoms with Crippen LogP contribution in [0.5, 0.6) is 0 Å². The molecule has 4 heterocycles. The summed E-state index contributed by atoms with van der Waals surface area (Å²) in [7, 11) is 0. The molecule has 0 spiro atoms. The van der Waals surface area contributed by atoms with Crippen molar-refractivity contribution >= 4 is 17.2 Å². The van der Waals surface area contributed by atoms with Crippen LogP contribution in [0.3, 0.4) is 0 Å². The molecule has 5 nitrogen and oxygen atoms in total. The first kappa shape index (κ1) is 23.6. The molecule has 2 fully saturated rings. The molecule has 2 saturated heterocycles. The quantitative estimate of drug-likeness (QED) is 0.505. The van der Waals surface area contributed by atoms with Gasteiger partial charge in [-0.3, -0.25) is 4.79 Å². The van der Waals surface area contributed by atoms with E-state index in [1.807, 2.05) is 46.8 Å². The molecule has 2 aliphatic rings. The van der Waals surface area contributed by atoms with Crippen molar-refractivity contribution in [1.29, 1.82) is 0 Å². The van der Waals surface area contributed by atoms with Gasteiger partial charge in [0, 0.05) is 19.6 Å². The molecule has 1 atom stereocenters. The lowest BCUT2D eigenvalue weighted by Crippen LogP contribution is -2.38. The molecule has 0 radical (unpaired) electrons. The van der Waals surface area contributed by atoms with E-state index in [0.717, 1.165) is 52.0 Å². The van der Waals surface area contributed by atoms with Gasteiger partial charge in [0.15, 0.2) is 0 Å². The third kappa shape index (κ3) is 6.09. The number of benzene rings is 1. The summed E-state index contributed by atoms with van der Waals surface area (Å²) < 4.78 is 18.3. The number of aromatic nitrogens is 1. The summed E-state index contributed by atoms with van der Waals surface area (Å²) in [4.78, 5) is 17.3. The van der Waals surface area contributed by atoms with Crippen LogP contribution in [-0.2, 0) is 0 Å². The number of aryl methyl sites for hydroxylation is 2. The van der Waals surface area contributed by atoms with E-state index in [2.05, 4.69) is 10.1 Å². The minimum absolute atomic E-state index is 0.0498. The van der Waals surface area contributed by atoms with Gasteiger partial charge in [-0.2, -0.15) is 11.3 Å². The van der Waals surface area contributed by atoms with Crippen molar-refractivity contribution < 1.29 is 13.7 Å². The first-order valence-corrected chi connectivity index (χ1v) is 12.6. The summed E-state index contributed by atoms with van der Waals surface area (Å²) in [5.74, 6) is 1.53. The molecule has 0 saturated carbocycles. The summed E-state index contributed by atoms with van der Waals surface area (Å²) in [6.07, 6.45) is 3.27. The van der Waals surface area contributed by atoms with Crippen molar-refractivity contribution in [2.45, 2.75) is 39.0 Å². The maximum Gasteiger partial charge on any atom is 0.259 e. The molecule has 1 amide bonds. The van der Waals surface area contributed by atoms with Crippen molar-refractivity contribution in [3.05, 3.63) is 75.6 Å². The molecule has 1 aromatic carbocycles. The molecule has 3 aromatic rings. The molecule has 0 N–H and O–H groups in total. The molecule has 5 rings (SSSR count). The molecule has 2 aliphatic heterocycles. The number of amides is 1. The standard InChI is InChI=1S/C22H28FN3O2.C4H4S/c1-15-21(16(2)28-24-15)22(27)26-12-7-17(14-26)13-25-10-8-19(9-11-25)18-3-5-20(23)6-4-18;1-2-4-5-3-1/h3-6,17,19H,7-14H2,1-2H3;1-4H. The molecule has 176 valence electrons. The van der Waals surface area contributed by atoms with Gasteiger partial charge in [-0.05, 0) is 86.5 Å². The molecule has 2 aromatic heterocycles. The Labute approximate surface area is 199 Å². The van der Waals surface area contributed by atoms with Crippen LogP contribution >= 0.6 is 11.3 Å². The number of hydrogen-bond donors (Lipinski definition) is 0. The Morgan fingerprint density at radius 3 is 2.36 bits per heavy atom. The second kappa shape index (κ2) is 11.1. The van der Waals surface area contributed by atoms with Crippen molar-refractivity contribution in [2.75, 3.05) is 32.7 Å². The Balaban J connectivity index is 0.000000459.